The van der Waals surface area contributed by atoms with Crippen LogP contribution in [-0.4, -0.2) is 31.3 Å². The molecule has 1 atom stereocenters. The van der Waals surface area contributed by atoms with Crippen LogP contribution in [0.4, 0.5) is 5.69 Å². The van der Waals surface area contributed by atoms with Crippen LogP contribution in [0.1, 0.15) is 38.2 Å². The highest BCUT2D eigenvalue weighted by molar-refractivity contribution is 5.94. The summed E-state index contributed by atoms with van der Waals surface area (Å²) >= 11 is 0. The van der Waals surface area contributed by atoms with Crippen LogP contribution < -0.4 is 15.8 Å². The van der Waals surface area contributed by atoms with Gasteiger partial charge in [-0.05, 0) is 37.1 Å². The summed E-state index contributed by atoms with van der Waals surface area (Å²) in [6.45, 7) is 5.51. The van der Waals surface area contributed by atoms with E-state index in [4.69, 9.17) is 15.2 Å². The summed E-state index contributed by atoms with van der Waals surface area (Å²) in [5.74, 6) is 0.724. The van der Waals surface area contributed by atoms with Crippen molar-refractivity contribution in [1.29, 1.82) is 0 Å². The standard InChI is InChI=1S/C17H26N2O3.ClH/c1-3-4-15(18)17(20)19-13-5-6-16(12(2)11-13)22-14-7-9-21-10-8-14;/h5-6,11,14-15H,3-4,7-10,18H2,1-2H3,(H,19,20);1H. The number of nitrogens with two attached hydrogens (primary N) is 1. The summed E-state index contributed by atoms with van der Waals surface area (Å²) in [4.78, 5) is 11.9. The topological polar surface area (TPSA) is 73.6 Å². The molecule has 2 rings (SSSR count). The Morgan fingerprint density at radius 1 is 1.43 bits per heavy atom. The summed E-state index contributed by atoms with van der Waals surface area (Å²) in [6, 6.07) is 5.23. The van der Waals surface area contributed by atoms with Gasteiger partial charge in [0.1, 0.15) is 11.9 Å². The first-order valence-corrected chi connectivity index (χ1v) is 8.01. The minimum atomic E-state index is -0.455. The van der Waals surface area contributed by atoms with E-state index in [0.29, 0.717) is 6.42 Å². The van der Waals surface area contributed by atoms with Crippen LogP contribution in [0.5, 0.6) is 5.75 Å². The Kier molecular flexibility index (Phi) is 8.37. The highest BCUT2D eigenvalue weighted by atomic mass is 35.5. The van der Waals surface area contributed by atoms with Gasteiger partial charge in [0, 0.05) is 18.5 Å². The minimum absolute atomic E-state index is 0. The lowest BCUT2D eigenvalue weighted by Gasteiger charge is -2.24. The van der Waals surface area contributed by atoms with Crippen molar-refractivity contribution in [3.8, 4) is 5.75 Å². The number of aryl methyl sites for hydroxylation is 1. The van der Waals surface area contributed by atoms with Gasteiger partial charge in [-0.2, -0.15) is 0 Å². The van der Waals surface area contributed by atoms with Crippen molar-refractivity contribution >= 4 is 24.0 Å². The number of amides is 1. The molecule has 3 N–H and O–H groups in total. The second-order valence-electron chi connectivity index (χ2n) is 5.79. The number of rotatable bonds is 6. The van der Waals surface area contributed by atoms with Crippen molar-refractivity contribution in [2.24, 2.45) is 5.73 Å². The molecule has 5 nitrogen and oxygen atoms in total. The zero-order chi connectivity index (χ0) is 15.9. The maximum Gasteiger partial charge on any atom is 0.241 e. The molecule has 1 fully saturated rings. The predicted octanol–water partition coefficient (Wildman–Crippen LogP) is 3.04. The lowest BCUT2D eigenvalue weighted by atomic mass is 10.1. The molecule has 0 radical (unpaired) electrons. The average molecular weight is 343 g/mol. The fourth-order valence-corrected chi connectivity index (χ4v) is 2.51. The number of ether oxygens (including phenoxy) is 2. The zero-order valence-electron chi connectivity index (χ0n) is 13.8. The molecule has 1 unspecified atom stereocenters. The van der Waals surface area contributed by atoms with E-state index in [1.165, 1.54) is 0 Å². The van der Waals surface area contributed by atoms with Gasteiger partial charge in [-0.25, -0.2) is 0 Å². The van der Waals surface area contributed by atoms with Crippen LogP contribution >= 0.6 is 12.4 Å². The van der Waals surface area contributed by atoms with Gasteiger partial charge in [-0.15, -0.1) is 12.4 Å². The number of nitrogens with one attached hydrogen (secondary N) is 1. The molecular formula is C17H27ClN2O3. The molecule has 23 heavy (non-hydrogen) atoms. The zero-order valence-corrected chi connectivity index (χ0v) is 14.7. The number of carbonyl (C=O) groups excluding carboxylic acids is 1. The predicted molar refractivity (Wildman–Crippen MR) is 94.4 cm³/mol. The first-order chi connectivity index (χ1) is 10.6. The second-order valence-corrected chi connectivity index (χ2v) is 5.79. The number of hydrogen-bond acceptors (Lipinski definition) is 4. The Morgan fingerprint density at radius 3 is 2.74 bits per heavy atom. The van der Waals surface area contributed by atoms with E-state index < -0.39 is 6.04 Å². The molecular weight excluding hydrogens is 316 g/mol. The minimum Gasteiger partial charge on any atom is -0.490 e. The molecule has 0 saturated carbocycles. The molecule has 0 aromatic heterocycles. The number of anilines is 1. The molecule has 1 aliphatic heterocycles. The van der Waals surface area contributed by atoms with E-state index in [0.717, 1.165) is 49.5 Å². The van der Waals surface area contributed by atoms with Crippen LogP contribution in [0.15, 0.2) is 18.2 Å². The van der Waals surface area contributed by atoms with Crippen LogP contribution in [0.2, 0.25) is 0 Å². The van der Waals surface area contributed by atoms with E-state index in [2.05, 4.69) is 5.32 Å². The first-order valence-electron chi connectivity index (χ1n) is 8.01. The van der Waals surface area contributed by atoms with Crippen molar-refractivity contribution in [3.05, 3.63) is 23.8 Å². The maximum atomic E-state index is 11.9. The monoisotopic (exact) mass is 342 g/mol. The summed E-state index contributed by atoms with van der Waals surface area (Å²) in [5.41, 5.74) is 7.58. The fourth-order valence-electron chi connectivity index (χ4n) is 2.51. The number of hydrogen-bond donors (Lipinski definition) is 2. The number of halogens is 1. The fraction of sp³-hybridized carbons (Fsp3) is 0.588. The normalized spacial score (nSPS) is 16.3. The molecule has 1 amide bonds. The van der Waals surface area contributed by atoms with E-state index in [-0.39, 0.29) is 24.4 Å². The molecule has 1 aliphatic rings. The number of carbonyl (C=O) groups is 1. The van der Waals surface area contributed by atoms with Gasteiger partial charge < -0.3 is 20.5 Å². The van der Waals surface area contributed by atoms with E-state index in [1.807, 2.05) is 32.0 Å². The Hall–Kier alpha value is -1.30. The molecule has 130 valence electrons. The summed E-state index contributed by atoms with van der Waals surface area (Å²) in [5, 5.41) is 2.86. The molecule has 0 bridgehead atoms. The molecule has 1 aromatic carbocycles. The van der Waals surface area contributed by atoms with Gasteiger partial charge in [-0.1, -0.05) is 13.3 Å². The largest absolute Gasteiger partial charge is 0.490 e. The molecule has 1 heterocycles. The van der Waals surface area contributed by atoms with Gasteiger partial charge in [0.25, 0.3) is 0 Å². The average Bonchev–Trinajstić information content (AvgIpc) is 2.51. The van der Waals surface area contributed by atoms with Crippen molar-refractivity contribution in [1.82, 2.24) is 0 Å². The van der Waals surface area contributed by atoms with Crippen LogP contribution in [-0.2, 0) is 9.53 Å². The van der Waals surface area contributed by atoms with Crippen LogP contribution in [0, 0.1) is 6.92 Å². The highest BCUT2D eigenvalue weighted by Gasteiger charge is 2.17. The van der Waals surface area contributed by atoms with Gasteiger partial charge in [-0.3, -0.25) is 4.79 Å². The van der Waals surface area contributed by atoms with Crippen LogP contribution in [0.25, 0.3) is 0 Å². The summed E-state index contributed by atoms with van der Waals surface area (Å²) in [7, 11) is 0. The van der Waals surface area contributed by atoms with Crippen LogP contribution in [0.3, 0.4) is 0 Å². The Bertz CT molecular complexity index is 505. The van der Waals surface area contributed by atoms with E-state index in [1.54, 1.807) is 0 Å². The van der Waals surface area contributed by atoms with E-state index in [9.17, 15) is 4.79 Å². The Labute approximate surface area is 144 Å². The Morgan fingerprint density at radius 2 is 2.13 bits per heavy atom. The third-order valence-corrected chi connectivity index (χ3v) is 3.84. The quantitative estimate of drug-likeness (QED) is 0.833. The third kappa shape index (κ3) is 6.01. The maximum absolute atomic E-state index is 11.9. The van der Waals surface area contributed by atoms with Crippen molar-refractivity contribution in [2.75, 3.05) is 18.5 Å². The molecule has 6 heteroatoms. The molecule has 1 saturated heterocycles. The molecule has 0 spiro atoms. The van der Waals surface area contributed by atoms with E-state index >= 15 is 0 Å². The van der Waals surface area contributed by atoms with Gasteiger partial charge >= 0.3 is 0 Å². The smallest absolute Gasteiger partial charge is 0.241 e. The molecule has 1 aromatic rings. The third-order valence-electron chi connectivity index (χ3n) is 3.84. The van der Waals surface area contributed by atoms with Gasteiger partial charge in [0.2, 0.25) is 5.91 Å². The lowest BCUT2D eigenvalue weighted by Crippen LogP contribution is -2.35. The van der Waals surface area contributed by atoms with Gasteiger partial charge in [0.05, 0.1) is 19.3 Å². The number of benzene rings is 1. The van der Waals surface area contributed by atoms with Crippen molar-refractivity contribution in [2.45, 2.75) is 51.7 Å². The molecule has 0 aliphatic carbocycles. The lowest BCUT2D eigenvalue weighted by molar-refractivity contribution is -0.117. The van der Waals surface area contributed by atoms with Crippen molar-refractivity contribution < 1.29 is 14.3 Å². The first kappa shape index (κ1) is 19.7. The summed E-state index contributed by atoms with van der Waals surface area (Å²) < 4.78 is 11.3. The SMILES string of the molecule is CCCC(N)C(=O)Nc1ccc(OC2CCOCC2)c(C)c1.Cl. The Balaban J connectivity index is 0.00000264. The highest BCUT2D eigenvalue weighted by Crippen LogP contribution is 2.25. The van der Waals surface area contributed by atoms with Gasteiger partial charge in [0.15, 0.2) is 0 Å². The van der Waals surface area contributed by atoms with Crippen molar-refractivity contribution in [3.63, 3.8) is 0 Å². The summed E-state index contributed by atoms with van der Waals surface area (Å²) in [6.07, 6.45) is 3.64. The second kappa shape index (κ2) is 9.75.